The molecule has 1 saturated carbocycles. The first-order valence-electron chi connectivity index (χ1n) is 11.0. The van der Waals surface area contributed by atoms with E-state index >= 15 is 0 Å². The second-order valence-electron chi connectivity index (χ2n) is 9.75. The Hall–Kier alpha value is -1.55. The first-order valence-corrected chi connectivity index (χ1v) is 11.0. The summed E-state index contributed by atoms with van der Waals surface area (Å²) in [6, 6.07) is 4.36. The lowest BCUT2D eigenvalue weighted by atomic mass is 9.59. The summed E-state index contributed by atoms with van der Waals surface area (Å²) in [6.45, 7) is 7.75. The minimum absolute atomic E-state index is 0.00633. The summed E-state index contributed by atoms with van der Waals surface area (Å²) in [5.41, 5.74) is 1.83. The van der Waals surface area contributed by atoms with Crippen LogP contribution >= 0.6 is 0 Å². The molecule has 6 unspecified atom stereocenters. The van der Waals surface area contributed by atoms with Crippen molar-refractivity contribution in [1.29, 1.82) is 0 Å². The van der Waals surface area contributed by atoms with Crippen LogP contribution < -0.4 is 0 Å². The highest BCUT2D eigenvalue weighted by Gasteiger charge is 2.51. The Labute approximate surface area is 169 Å². The zero-order valence-corrected chi connectivity index (χ0v) is 17.8. The fourth-order valence-corrected chi connectivity index (χ4v) is 5.78. The van der Waals surface area contributed by atoms with Crippen LogP contribution in [-0.4, -0.2) is 36.6 Å². The predicted octanol–water partition coefficient (Wildman–Crippen LogP) is 4.85. The number of furan rings is 1. The Morgan fingerprint density at radius 3 is 2.96 bits per heavy atom. The maximum absolute atomic E-state index is 12.7. The number of carbonyl (C=O) groups excluding carboxylic acids is 1. The van der Waals surface area contributed by atoms with E-state index in [1.165, 1.54) is 19.3 Å². The number of carbonyl (C=O) groups is 1. The second-order valence-corrected chi connectivity index (χ2v) is 9.75. The maximum atomic E-state index is 12.7. The Balaban J connectivity index is 1.43. The molecule has 0 amide bonds. The molecule has 4 rings (SSSR count). The lowest BCUT2D eigenvalue weighted by Gasteiger charge is -2.46. The Morgan fingerprint density at radius 1 is 1.39 bits per heavy atom. The van der Waals surface area contributed by atoms with E-state index in [9.17, 15) is 4.79 Å². The highest BCUT2D eigenvalue weighted by molar-refractivity contribution is 5.76. The van der Waals surface area contributed by atoms with Gasteiger partial charge in [-0.25, -0.2) is 0 Å². The molecule has 3 aliphatic rings. The third kappa shape index (κ3) is 3.68. The molecule has 0 aromatic carbocycles. The lowest BCUT2D eigenvalue weighted by molar-refractivity contribution is -0.145. The van der Waals surface area contributed by atoms with Crippen molar-refractivity contribution in [3.05, 3.63) is 35.8 Å². The molecule has 0 spiro atoms. The van der Waals surface area contributed by atoms with E-state index in [2.05, 4.69) is 38.8 Å². The molecule has 28 heavy (non-hydrogen) atoms. The second kappa shape index (κ2) is 7.70. The van der Waals surface area contributed by atoms with E-state index in [-0.39, 0.29) is 29.3 Å². The largest absolute Gasteiger partial charge is 0.469 e. The number of fused-ring (bicyclic) bond motifs is 2. The Kier molecular flexibility index (Phi) is 5.43. The number of nitrogens with zero attached hydrogens (tertiary/aromatic N) is 1. The molecular weight excluding hydrogens is 350 g/mol. The Morgan fingerprint density at radius 2 is 2.21 bits per heavy atom. The average Bonchev–Trinajstić information content (AvgIpc) is 3.26. The van der Waals surface area contributed by atoms with Crippen LogP contribution in [0.4, 0.5) is 0 Å². The van der Waals surface area contributed by atoms with Gasteiger partial charge >= 0.3 is 5.97 Å². The van der Waals surface area contributed by atoms with Crippen molar-refractivity contribution in [2.45, 2.75) is 71.4 Å². The van der Waals surface area contributed by atoms with Crippen molar-refractivity contribution < 1.29 is 13.9 Å². The summed E-state index contributed by atoms with van der Waals surface area (Å²) < 4.78 is 11.4. The third-order valence-corrected chi connectivity index (χ3v) is 7.71. The van der Waals surface area contributed by atoms with Crippen molar-refractivity contribution in [2.75, 3.05) is 13.6 Å². The van der Waals surface area contributed by atoms with Gasteiger partial charge in [-0.15, -0.1) is 0 Å². The van der Waals surface area contributed by atoms with Crippen molar-refractivity contribution >= 4 is 5.97 Å². The smallest absolute Gasteiger partial charge is 0.311 e. The molecular formula is C24H35NO3. The van der Waals surface area contributed by atoms with Crippen LogP contribution in [0, 0.1) is 23.2 Å². The number of hydrogen-bond donors (Lipinski definition) is 0. The SMILES string of the molecule is CC1CCCC2(C)CC3OC(=O)C(CN(C)C(C)CCc4ccco4)C3C=C12. The number of allylic oxidation sites excluding steroid dienone is 1. The Bertz CT molecular complexity index is 724. The summed E-state index contributed by atoms with van der Waals surface area (Å²) in [4.78, 5) is 15.1. The van der Waals surface area contributed by atoms with Crippen molar-refractivity contribution in [2.24, 2.45) is 23.2 Å². The van der Waals surface area contributed by atoms with Gasteiger partial charge in [0, 0.05) is 24.9 Å². The summed E-state index contributed by atoms with van der Waals surface area (Å²) in [5.74, 6) is 1.89. The van der Waals surface area contributed by atoms with Gasteiger partial charge in [-0.2, -0.15) is 0 Å². The van der Waals surface area contributed by atoms with Crippen LogP contribution in [0.5, 0.6) is 0 Å². The normalized spacial score (nSPS) is 35.9. The van der Waals surface area contributed by atoms with E-state index in [1.54, 1.807) is 11.8 Å². The molecule has 1 aromatic heterocycles. The zero-order valence-electron chi connectivity index (χ0n) is 17.8. The quantitative estimate of drug-likeness (QED) is 0.519. The number of ether oxygens (including phenoxy) is 1. The van der Waals surface area contributed by atoms with E-state index in [4.69, 9.17) is 9.15 Å². The number of aryl methyl sites for hydroxylation is 1. The minimum atomic E-state index is -0.0350. The predicted molar refractivity (Wildman–Crippen MR) is 110 cm³/mol. The van der Waals surface area contributed by atoms with Crippen LogP contribution in [0.15, 0.2) is 34.5 Å². The summed E-state index contributed by atoms with van der Waals surface area (Å²) in [6.07, 6.45) is 11.0. The molecule has 2 heterocycles. The van der Waals surface area contributed by atoms with Crippen molar-refractivity contribution in [3.63, 3.8) is 0 Å². The maximum Gasteiger partial charge on any atom is 0.311 e. The fraction of sp³-hybridized carbons (Fsp3) is 0.708. The average molecular weight is 386 g/mol. The molecule has 154 valence electrons. The monoisotopic (exact) mass is 385 g/mol. The highest BCUT2D eigenvalue weighted by atomic mass is 16.6. The van der Waals surface area contributed by atoms with E-state index < -0.39 is 0 Å². The van der Waals surface area contributed by atoms with Crippen LogP contribution in [0.25, 0.3) is 0 Å². The van der Waals surface area contributed by atoms with Crippen LogP contribution in [0.2, 0.25) is 0 Å². The summed E-state index contributed by atoms with van der Waals surface area (Å²) in [7, 11) is 2.14. The molecule has 4 heteroatoms. The van der Waals surface area contributed by atoms with Crippen molar-refractivity contribution in [3.8, 4) is 0 Å². The molecule has 0 N–H and O–H groups in total. The molecule has 0 radical (unpaired) electrons. The summed E-state index contributed by atoms with van der Waals surface area (Å²) >= 11 is 0. The number of hydrogen-bond acceptors (Lipinski definition) is 4. The van der Waals surface area contributed by atoms with Gasteiger partial charge in [-0.3, -0.25) is 4.79 Å². The van der Waals surface area contributed by atoms with Gasteiger partial charge in [-0.05, 0) is 63.1 Å². The molecule has 1 aliphatic heterocycles. The number of rotatable bonds is 6. The van der Waals surface area contributed by atoms with Crippen molar-refractivity contribution in [1.82, 2.24) is 4.90 Å². The topological polar surface area (TPSA) is 42.7 Å². The van der Waals surface area contributed by atoms with Gasteiger partial charge in [0.15, 0.2) is 0 Å². The highest BCUT2D eigenvalue weighted by Crippen LogP contribution is 2.54. The molecule has 6 atom stereocenters. The van der Waals surface area contributed by atoms with Crippen LogP contribution in [-0.2, 0) is 16.0 Å². The van der Waals surface area contributed by atoms with Gasteiger partial charge in [0.1, 0.15) is 11.9 Å². The fourth-order valence-electron chi connectivity index (χ4n) is 5.78. The lowest BCUT2D eigenvalue weighted by Crippen LogP contribution is -2.41. The van der Waals surface area contributed by atoms with Gasteiger partial charge < -0.3 is 14.1 Å². The minimum Gasteiger partial charge on any atom is -0.469 e. The standard InChI is InChI=1S/C24H35NO3/c1-16-7-5-11-24(3)14-22-19(13-21(16)24)20(23(26)28-22)15-25(4)17(2)9-10-18-8-6-12-27-18/h6,8,12-13,16-17,19-20,22H,5,7,9-11,14-15H2,1-4H3. The van der Waals surface area contributed by atoms with Gasteiger partial charge in [0.05, 0.1) is 12.2 Å². The molecule has 0 bridgehead atoms. The van der Waals surface area contributed by atoms with Gasteiger partial charge in [0.2, 0.25) is 0 Å². The van der Waals surface area contributed by atoms with Crippen LogP contribution in [0.1, 0.15) is 58.6 Å². The van der Waals surface area contributed by atoms with E-state index in [0.29, 0.717) is 12.0 Å². The number of esters is 1. The van der Waals surface area contributed by atoms with Gasteiger partial charge in [0.25, 0.3) is 0 Å². The molecule has 2 aliphatic carbocycles. The molecule has 1 saturated heterocycles. The van der Waals surface area contributed by atoms with Crippen LogP contribution in [0.3, 0.4) is 0 Å². The first kappa shape index (κ1) is 19.8. The van der Waals surface area contributed by atoms with E-state index in [0.717, 1.165) is 31.6 Å². The zero-order chi connectivity index (χ0) is 19.9. The third-order valence-electron chi connectivity index (χ3n) is 7.71. The van der Waals surface area contributed by atoms with E-state index in [1.807, 2.05) is 12.1 Å². The van der Waals surface area contributed by atoms with Gasteiger partial charge in [-0.1, -0.05) is 31.9 Å². The molecule has 4 nitrogen and oxygen atoms in total. The molecule has 1 aromatic rings. The summed E-state index contributed by atoms with van der Waals surface area (Å²) in [5, 5.41) is 0. The molecule has 2 fully saturated rings. The first-order chi connectivity index (χ1) is 13.4.